The van der Waals surface area contributed by atoms with Gasteiger partial charge in [-0.15, -0.1) is 0 Å². The number of halogens is 2. The van der Waals surface area contributed by atoms with E-state index < -0.39 is 0 Å². The lowest BCUT2D eigenvalue weighted by atomic mass is 9.87. The van der Waals surface area contributed by atoms with Crippen molar-refractivity contribution in [1.82, 2.24) is 0 Å². The van der Waals surface area contributed by atoms with Gasteiger partial charge in [-0.05, 0) is 27.6 Å². The zero-order valence-corrected chi connectivity index (χ0v) is 9.96. The third-order valence-corrected chi connectivity index (χ3v) is 3.90. The Bertz CT molecular complexity index is 360. The first-order valence-electron chi connectivity index (χ1n) is 4.25. The molecule has 1 N–H and O–H groups in total. The summed E-state index contributed by atoms with van der Waals surface area (Å²) in [6, 6.07) is 4.04. The van der Waals surface area contributed by atoms with Gasteiger partial charge in [0.2, 0.25) is 0 Å². The van der Waals surface area contributed by atoms with Crippen LogP contribution in [0.15, 0.2) is 16.6 Å². The van der Waals surface area contributed by atoms with Crippen LogP contribution in [0.5, 0.6) is 0 Å². The molecule has 0 spiro atoms. The standard InChI is InChI=1S/C10H11BrClN/c1-10(2)5-13-9-6(10)3-4-7(12)8(9)11/h3-4,13H,5H2,1-2H3. The summed E-state index contributed by atoms with van der Waals surface area (Å²) in [5.74, 6) is 0. The van der Waals surface area contributed by atoms with E-state index in [1.807, 2.05) is 6.07 Å². The van der Waals surface area contributed by atoms with E-state index in [1.54, 1.807) is 0 Å². The predicted octanol–water partition coefficient (Wildman–Crippen LogP) is 3.81. The second kappa shape index (κ2) is 2.89. The molecule has 1 aromatic carbocycles. The molecule has 1 aromatic rings. The molecule has 13 heavy (non-hydrogen) atoms. The fourth-order valence-corrected chi connectivity index (χ4v) is 2.34. The minimum absolute atomic E-state index is 0.211. The largest absolute Gasteiger partial charge is 0.383 e. The van der Waals surface area contributed by atoms with E-state index in [2.05, 4.69) is 41.2 Å². The average molecular weight is 261 g/mol. The van der Waals surface area contributed by atoms with Gasteiger partial charge in [0, 0.05) is 12.0 Å². The number of fused-ring (bicyclic) bond motifs is 1. The molecule has 0 aliphatic carbocycles. The van der Waals surface area contributed by atoms with E-state index in [4.69, 9.17) is 11.6 Å². The van der Waals surface area contributed by atoms with Gasteiger partial charge in [-0.2, -0.15) is 0 Å². The minimum Gasteiger partial charge on any atom is -0.383 e. The van der Waals surface area contributed by atoms with Gasteiger partial charge < -0.3 is 5.32 Å². The molecule has 0 unspecified atom stereocenters. The molecular formula is C10H11BrClN. The summed E-state index contributed by atoms with van der Waals surface area (Å²) in [6.45, 7) is 5.43. The lowest BCUT2D eigenvalue weighted by Gasteiger charge is -2.16. The number of hydrogen-bond donors (Lipinski definition) is 1. The molecule has 1 heterocycles. The van der Waals surface area contributed by atoms with Crippen molar-refractivity contribution in [1.29, 1.82) is 0 Å². The first-order chi connectivity index (χ1) is 6.02. The molecule has 0 bridgehead atoms. The predicted molar refractivity (Wildman–Crippen MR) is 60.7 cm³/mol. The second-order valence-corrected chi connectivity index (χ2v) is 5.22. The van der Waals surface area contributed by atoms with E-state index in [0.29, 0.717) is 0 Å². The second-order valence-electron chi connectivity index (χ2n) is 4.02. The molecule has 0 atom stereocenters. The van der Waals surface area contributed by atoms with Crippen molar-refractivity contribution in [3.05, 3.63) is 27.2 Å². The molecule has 0 fully saturated rings. The Kier molecular flexibility index (Phi) is 2.08. The fourth-order valence-electron chi connectivity index (χ4n) is 1.69. The summed E-state index contributed by atoms with van der Waals surface area (Å²) in [5, 5.41) is 4.14. The van der Waals surface area contributed by atoms with E-state index >= 15 is 0 Å². The normalized spacial score (nSPS) is 18.2. The van der Waals surface area contributed by atoms with Crippen LogP contribution in [0.4, 0.5) is 5.69 Å². The van der Waals surface area contributed by atoms with Gasteiger partial charge in [-0.25, -0.2) is 0 Å². The van der Waals surface area contributed by atoms with Crippen LogP contribution in [0.3, 0.4) is 0 Å². The molecule has 0 saturated carbocycles. The van der Waals surface area contributed by atoms with Crippen molar-refractivity contribution in [2.24, 2.45) is 0 Å². The van der Waals surface area contributed by atoms with Crippen LogP contribution in [-0.2, 0) is 5.41 Å². The lowest BCUT2D eigenvalue weighted by Crippen LogP contribution is -2.18. The maximum absolute atomic E-state index is 6.00. The van der Waals surface area contributed by atoms with Crippen molar-refractivity contribution in [3.63, 3.8) is 0 Å². The first kappa shape index (κ1) is 9.35. The maximum Gasteiger partial charge on any atom is 0.0596 e. The average Bonchev–Trinajstić information content (AvgIpc) is 2.35. The zero-order chi connectivity index (χ0) is 9.64. The van der Waals surface area contributed by atoms with Crippen molar-refractivity contribution < 1.29 is 0 Å². The van der Waals surface area contributed by atoms with Gasteiger partial charge in [0.15, 0.2) is 0 Å². The highest BCUT2D eigenvalue weighted by Crippen LogP contribution is 2.43. The van der Waals surface area contributed by atoms with E-state index in [1.165, 1.54) is 5.56 Å². The van der Waals surface area contributed by atoms with Crippen LogP contribution < -0.4 is 5.32 Å². The Morgan fingerprint density at radius 3 is 2.85 bits per heavy atom. The van der Waals surface area contributed by atoms with Gasteiger partial charge in [0.25, 0.3) is 0 Å². The van der Waals surface area contributed by atoms with E-state index in [0.717, 1.165) is 21.7 Å². The summed E-state index contributed by atoms with van der Waals surface area (Å²) in [7, 11) is 0. The smallest absolute Gasteiger partial charge is 0.0596 e. The molecule has 0 amide bonds. The van der Waals surface area contributed by atoms with Gasteiger partial charge in [-0.3, -0.25) is 0 Å². The Morgan fingerprint density at radius 1 is 1.46 bits per heavy atom. The molecule has 1 aliphatic rings. The Hall–Kier alpha value is -0.210. The van der Waals surface area contributed by atoms with E-state index in [9.17, 15) is 0 Å². The highest BCUT2D eigenvalue weighted by molar-refractivity contribution is 9.10. The number of anilines is 1. The van der Waals surface area contributed by atoms with Crippen LogP contribution in [0.1, 0.15) is 19.4 Å². The Balaban J connectivity index is 2.64. The van der Waals surface area contributed by atoms with Crippen LogP contribution in [-0.4, -0.2) is 6.54 Å². The van der Waals surface area contributed by atoms with Gasteiger partial charge in [0.05, 0.1) is 15.2 Å². The fraction of sp³-hybridized carbons (Fsp3) is 0.400. The summed E-state index contributed by atoms with van der Waals surface area (Å²) in [5.41, 5.74) is 2.70. The first-order valence-corrected chi connectivity index (χ1v) is 5.42. The molecular weight excluding hydrogens is 249 g/mol. The molecule has 0 radical (unpaired) electrons. The number of benzene rings is 1. The van der Waals surface area contributed by atoms with Crippen LogP contribution in [0.25, 0.3) is 0 Å². The summed E-state index contributed by atoms with van der Waals surface area (Å²) < 4.78 is 0.984. The molecule has 2 rings (SSSR count). The Labute approximate surface area is 91.6 Å². The minimum atomic E-state index is 0.211. The van der Waals surface area contributed by atoms with Crippen molar-refractivity contribution >= 4 is 33.2 Å². The van der Waals surface area contributed by atoms with Crippen LogP contribution >= 0.6 is 27.5 Å². The molecule has 0 aromatic heterocycles. The highest BCUT2D eigenvalue weighted by atomic mass is 79.9. The third kappa shape index (κ3) is 1.36. The van der Waals surface area contributed by atoms with Crippen LogP contribution in [0, 0.1) is 0 Å². The van der Waals surface area contributed by atoms with Gasteiger partial charge in [0.1, 0.15) is 0 Å². The zero-order valence-electron chi connectivity index (χ0n) is 7.62. The highest BCUT2D eigenvalue weighted by Gasteiger charge is 2.31. The number of rotatable bonds is 0. The topological polar surface area (TPSA) is 12.0 Å². The number of nitrogens with one attached hydrogen (secondary N) is 1. The van der Waals surface area contributed by atoms with Crippen LogP contribution in [0.2, 0.25) is 5.02 Å². The maximum atomic E-state index is 6.00. The summed E-state index contributed by atoms with van der Waals surface area (Å²) in [6.07, 6.45) is 0. The molecule has 0 saturated heterocycles. The quantitative estimate of drug-likeness (QED) is 0.748. The number of hydrogen-bond acceptors (Lipinski definition) is 1. The molecule has 3 heteroatoms. The molecule has 1 aliphatic heterocycles. The monoisotopic (exact) mass is 259 g/mol. The third-order valence-electron chi connectivity index (χ3n) is 2.53. The van der Waals surface area contributed by atoms with Gasteiger partial charge >= 0.3 is 0 Å². The SMILES string of the molecule is CC1(C)CNc2c1ccc(Cl)c2Br. The van der Waals surface area contributed by atoms with E-state index in [-0.39, 0.29) is 5.41 Å². The summed E-state index contributed by atoms with van der Waals surface area (Å²) >= 11 is 9.49. The van der Waals surface area contributed by atoms with Crippen molar-refractivity contribution in [3.8, 4) is 0 Å². The van der Waals surface area contributed by atoms with Gasteiger partial charge in [-0.1, -0.05) is 31.5 Å². The lowest BCUT2D eigenvalue weighted by molar-refractivity contribution is 0.586. The summed E-state index contributed by atoms with van der Waals surface area (Å²) in [4.78, 5) is 0. The van der Waals surface area contributed by atoms with Crippen molar-refractivity contribution in [2.45, 2.75) is 19.3 Å². The molecule has 1 nitrogen and oxygen atoms in total. The Morgan fingerprint density at radius 2 is 2.15 bits per heavy atom. The van der Waals surface area contributed by atoms with Crippen molar-refractivity contribution in [2.75, 3.05) is 11.9 Å². The molecule has 70 valence electrons.